The van der Waals surface area contributed by atoms with Crippen molar-refractivity contribution in [3.63, 3.8) is 0 Å². The van der Waals surface area contributed by atoms with Gasteiger partial charge in [0.2, 0.25) is 0 Å². The number of hydrogen-bond acceptors (Lipinski definition) is 4. The molecule has 29 heavy (non-hydrogen) atoms. The summed E-state index contributed by atoms with van der Waals surface area (Å²) in [6.07, 6.45) is 6.53. The second-order valence-electron chi connectivity index (χ2n) is 7.76. The number of fused-ring (bicyclic) bond motifs is 1. The van der Waals surface area contributed by atoms with Crippen LogP contribution in [0.4, 0.5) is 0 Å². The van der Waals surface area contributed by atoms with E-state index in [0.29, 0.717) is 5.02 Å². The number of carbonyl (C=O) groups excluding carboxylic acids is 1. The zero-order chi connectivity index (χ0) is 19.8. The molecule has 1 saturated heterocycles. The lowest BCUT2D eigenvalue weighted by molar-refractivity contribution is 0.0732. The number of benzene rings is 1. The number of carbonyl (C=O) groups is 1. The molecule has 1 fully saturated rings. The smallest absolute Gasteiger partial charge is 0.264 e. The van der Waals surface area contributed by atoms with Crippen LogP contribution in [0.3, 0.4) is 0 Å². The Labute approximate surface area is 179 Å². The molecule has 150 valence electrons. The fraction of sp³-hybridized carbons (Fsp3) is 0.409. The molecule has 0 bridgehead atoms. The summed E-state index contributed by atoms with van der Waals surface area (Å²) in [6, 6.07) is 11.7. The molecule has 0 spiro atoms. The van der Waals surface area contributed by atoms with E-state index < -0.39 is 0 Å². The Balaban J connectivity index is 1.40. The third-order valence-electron chi connectivity index (χ3n) is 5.90. The van der Waals surface area contributed by atoms with Crippen molar-refractivity contribution in [2.24, 2.45) is 0 Å². The van der Waals surface area contributed by atoms with Crippen LogP contribution >= 0.6 is 22.9 Å². The number of aromatic nitrogens is 3. The van der Waals surface area contributed by atoms with Crippen molar-refractivity contribution in [1.29, 1.82) is 0 Å². The maximum Gasteiger partial charge on any atom is 0.264 e. The summed E-state index contributed by atoms with van der Waals surface area (Å²) < 4.78 is 2.27. The first-order chi connectivity index (χ1) is 14.2. The molecule has 0 N–H and O–H groups in total. The number of hydrogen-bond donors (Lipinski definition) is 0. The van der Waals surface area contributed by atoms with E-state index >= 15 is 0 Å². The maximum absolute atomic E-state index is 13.3. The van der Waals surface area contributed by atoms with E-state index in [2.05, 4.69) is 14.8 Å². The fourth-order valence-electron chi connectivity index (χ4n) is 4.40. The zero-order valence-electron chi connectivity index (χ0n) is 16.2. The Morgan fingerprint density at radius 1 is 1.00 bits per heavy atom. The largest absolute Gasteiger partial charge is 0.328 e. The van der Waals surface area contributed by atoms with Crippen LogP contribution in [-0.2, 0) is 13.0 Å². The highest BCUT2D eigenvalue weighted by Gasteiger charge is 2.35. The summed E-state index contributed by atoms with van der Waals surface area (Å²) in [7, 11) is 0. The predicted octanol–water partition coefficient (Wildman–Crippen LogP) is 5.36. The summed E-state index contributed by atoms with van der Waals surface area (Å²) >= 11 is 7.54. The molecule has 2 aliphatic heterocycles. The van der Waals surface area contributed by atoms with Crippen molar-refractivity contribution in [2.75, 3.05) is 6.54 Å². The first-order valence-electron chi connectivity index (χ1n) is 10.3. The molecule has 0 radical (unpaired) electrons. The normalized spacial score (nSPS) is 19.2. The molecular formula is C22H23ClN4OS. The molecule has 3 aromatic rings. The third kappa shape index (κ3) is 3.60. The summed E-state index contributed by atoms with van der Waals surface area (Å²) in [4.78, 5) is 17.2. The summed E-state index contributed by atoms with van der Waals surface area (Å²) in [5.74, 6) is 2.16. The Bertz CT molecular complexity index is 1030. The molecule has 0 saturated carbocycles. The highest BCUT2D eigenvalue weighted by Crippen LogP contribution is 2.36. The van der Waals surface area contributed by atoms with E-state index in [-0.39, 0.29) is 11.9 Å². The van der Waals surface area contributed by atoms with Gasteiger partial charge in [0.25, 0.3) is 5.91 Å². The van der Waals surface area contributed by atoms with Crippen LogP contribution in [0, 0.1) is 0 Å². The van der Waals surface area contributed by atoms with Gasteiger partial charge >= 0.3 is 0 Å². The number of thiophene rings is 1. The third-order valence-corrected chi connectivity index (χ3v) is 7.27. The van der Waals surface area contributed by atoms with Gasteiger partial charge in [-0.2, -0.15) is 0 Å². The van der Waals surface area contributed by atoms with Gasteiger partial charge < -0.3 is 9.47 Å². The van der Waals surface area contributed by atoms with Crippen molar-refractivity contribution in [3.8, 4) is 10.4 Å². The molecule has 1 amide bonds. The monoisotopic (exact) mass is 426 g/mol. The van der Waals surface area contributed by atoms with Gasteiger partial charge in [-0.05, 0) is 55.5 Å². The van der Waals surface area contributed by atoms with Gasteiger partial charge in [-0.25, -0.2) is 0 Å². The molecule has 4 heterocycles. The molecule has 2 aliphatic rings. The van der Waals surface area contributed by atoms with Gasteiger partial charge in [0.1, 0.15) is 5.82 Å². The van der Waals surface area contributed by atoms with Gasteiger partial charge in [-0.1, -0.05) is 30.2 Å². The number of likely N-dealkylation sites (tertiary alicyclic amines) is 1. The highest BCUT2D eigenvalue weighted by atomic mass is 35.5. The van der Waals surface area contributed by atoms with Gasteiger partial charge in [-0.15, -0.1) is 21.5 Å². The standard InChI is InChI=1S/C22H23ClN4OS/c23-16-9-7-15(8-10-16)18-11-12-19(29-18)22(28)26-14-4-5-17(26)21-25-24-20-6-2-1-3-13-27(20)21/h7-12,17H,1-6,13-14H2/t17-/m0/s1. The fourth-order valence-corrected chi connectivity index (χ4v) is 5.49. The first kappa shape index (κ1) is 18.8. The van der Waals surface area contributed by atoms with Crippen LogP contribution in [0.25, 0.3) is 10.4 Å². The summed E-state index contributed by atoms with van der Waals surface area (Å²) in [5.41, 5.74) is 1.08. The van der Waals surface area contributed by atoms with Crippen LogP contribution in [-0.4, -0.2) is 32.1 Å². The van der Waals surface area contributed by atoms with Crippen LogP contribution in [0.2, 0.25) is 5.02 Å². The number of amides is 1. The van der Waals surface area contributed by atoms with Crippen LogP contribution in [0.5, 0.6) is 0 Å². The van der Waals surface area contributed by atoms with Crippen molar-refractivity contribution in [2.45, 2.75) is 51.1 Å². The van der Waals surface area contributed by atoms with Crippen molar-refractivity contribution in [1.82, 2.24) is 19.7 Å². The zero-order valence-corrected chi connectivity index (χ0v) is 17.8. The van der Waals surface area contributed by atoms with Crippen LogP contribution < -0.4 is 0 Å². The highest BCUT2D eigenvalue weighted by molar-refractivity contribution is 7.17. The maximum atomic E-state index is 13.3. The van der Waals surface area contributed by atoms with Gasteiger partial charge in [-0.3, -0.25) is 4.79 Å². The minimum absolute atomic E-state index is 0.0305. The second kappa shape index (κ2) is 7.92. The number of halogens is 1. The lowest BCUT2D eigenvalue weighted by Crippen LogP contribution is -2.31. The van der Waals surface area contributed by atoms with E-state index in [1.807, 2.05) is 41.3 Å². The summed E-state index contributed by atoms with van der Waals surface area (Å²) in [5, 5.41) is 9.68. The van der Waals surface area contributed by atoms with E-state index in [4.69, 9.17) is 11.6 Å². The average Bonchev–Trinajstić information content (AvgIpc) is 3.45. The lowest BCUT2D eigenvalue weighted by Gasteiger charge is -2.24. The Morgan fingerprint density at radius 2 is 1.86 bits per heavy atom. The van der Waals surface area contributed by atoms with Crippen molar-refractivity contribution >= 4 is 28.8 Å². The van der Waals surface area contributed by atoms with Crippen molar-refractivity contribution < 1.29 is 4.79 Å². The van der Waals surface area contributed by atoms with E-state index in [0.717, 1.165) is 65.7 Å². The van der Waals surface area contributed by atoms with E-state index in [9.17, 15) is 4.79 Å². The van der Waals surface area contributed by atoms with Crippen molar-refractivity contribution in [3.05, 3.63) is 57.9 Å². The quantitative estimate of drug-likeness (QED) is 0.566. The topological polar surface area (TPSA) is 51.0 Å². The molecule has 1 atom stereocenters. The number of nitrogens with zero attached hydrogens (tertiary/aromatic N) is 4. The SMILES string of the molecule is O=C(c1ccc(-c2ccc(Cl)cc2)s1)N1CCC[C@H]1c1nnc2n1CCCCC2. The van der Waals surface area contributed by atoms with Crippen LogP contribution in [0.15, 0.2) is 36.4 Å². The molecule has 5 rings (SSSR count). The Kier molecular flexibility index (Phi) is 5.14. The van der Waals surface area contributed by atoms with E-state index in [1.54, 1.807) is 11.3 Å². The molecule has 5 nitrogen and oxygen atoms in total. The first-order valence-corrected chi connectivity index (χ1v) is 11.5. The van der Waals surface area contributed by atoms with Gasteiger partial charge in [0.15, 0.2) is 5.82 Å². The molecular weight excluding hydrogens is 404 g/mol. The molecule has 1 aromatic carbocycles. The van der Waals surface area contributed by atoms with E-state index in [1.165, 1.54) is 12.8 Å². The minimum Gasteiger partial charge on any atom is -0.328 e. The Hall–Kier alpha value is -2.18. The molecule has 0 unspecified atom stereocenters. The van der Waals surface area contributed by atoms with Gasteiger partial charge in [0, 0.05) is 29.4 Å². The predicted molar refractivity (Wildman–Crippen MR) is 115 cm³/mol. The average molecular weight is 427 g/mol. The lowest BCUT2D eigenvalue weighted by atomic mass is 10.2. The minimum atomic E-state index is 0.0305. The molecule has 0 aliphatic carbocycles. The van der Waals surface area contributed by atoms with Gasteiger partial charge in [0.05, 0.1) is 10.9 Å². The Morgan fingerprint density at radius 3 is 2.72 bits per heavy atom. The summed E-state index contributed by atoms with van der Waals surface area (Å²) in [6.45, 7) is 1.75. The second-order valence-corrected chi connectivity index (χ2v) is 9.28. The number of rotatable bonds is 3. The molecule has 7 heteroatoms. The molecule has 2 aromatic heterocycles. The number of aryl methyl sites for hydroxylation is 1. The van der Waals surface area contributed by atoms with Crippen LogP contribution in [0.1, 0.15) is 59.5 Å².